The van der Waals surface area contributed by atoms with Crippen molar-refractivity contribution in [2.75, 3.05) is 14.7 Å². The number of aryl methyl sites for hydroxylation is 1. The van der Waals surface area contributed by atoms with Crippen molar-refractivity contribution in [3.63, 3.8) is 0 Å². The van der Waals surface area contributed by atoms with E-state index in [2.05, 4.69) is 339 Å². The first-order valence-corrected chi connectivity index (χ1v) is 31.2. The second kappa shape index (κ2) is 20.3. The number of anilines is 9. The Kier molecular flexibility index (Phi) is 13.3. The number of benzene rings is 10. The monoisotopic (exact) mass is 1210 g/mol. The lowest BCUT2D eigenvalue weighted by Crippen LogP contribution is -2.19. The molecule has 0 N–H and O–H groups in total. The summed E-state index contributed by atoms with van der Waals surface area (Å²) in [5, 5.41) is 1.27. The molecule has 13 rings (SSSR count). The molecule has 0 amide bonds. The number of thiophene rings is 1. The van der Waals surface area contributed by atoms with Crippen molar-refractivity contribution in [1.29, 1.82) is 0 Å². The Hall–Kier alpha value is -7.71. The quantitative estimate of drug-likeness (QED) is 0.126. The van der Waals surface area contributed by atoms with Crippen molar-refractivity contribution in [2.24, 2.45) is 0 Å². The molecule has 10 aromatic carbocycles. The standard InChI is InChI=1S/C78H72IN3S/c1-49-36-41-56(80(54-42-37-52(38-43-54)75(3,4)5)68-32-21-18-26-57(68)51-24-14-13-15-25-51)46-70(49)82(69-35-22-31-64-72(69)59-28-17-20-30-63(59)77(64,9)10)67-34-23-33-66(50(67)2)81(55-44-39-53(40-45-55)76(6,7)8)73-61-47-60-58-27-16-19-29-62(58)78(11,12)65(60)48-71(61)83-74(73)79/h13-48H,1-12H3. The van der Waals surface area contributed by atoms with Gasteiger partial charge >= 0.3 is 0 Å². The molecule has 2 aliphatic carbocycles. The number of hydrogen-bond donors (Lipinski definition) is 0. The Morgan fingerprint density at radius 2 is 0.880 bits per heavy atom. The van der Waals surface area contributed by atoms with Gasteiger partial charge in [-0.2, -0.15) is 0 Å². The van der Waals surface area contributed by atoms with Gasteiger partial charge in [0.2, 0.25) is 0 Å². The Morgan fingerprint density at radius 3 is 1.53 bits per heavy atom. The molecule has 1 heterocycles. The first-order chi connectivity index (χ1) is 39.7. The topological polar surface area (TPSA) is 9.72 Å². The third-order valence-electron chi connectivity index (χ3n) is 18.0. The molecular formula is C78H72IN3S. The van der Waals surface area contributed by atoms with Crippen LogP contribution in [0, 0.1) is 16.7 Å². The summed E-state index contributed by atoms with van der Waals surface area (Å²) in [5.41, 5.74) is 27.8. The fourth-order valence-corrected chi connectivity index (χ4v) is 15.6. The lowest BCUT2D eigenvalue weighted by atomic mass is 9.82. The Bertz CT molecular complexity index is 4320. The van der Waals surface area contributed by atoms with Gasteiger partial charge in [-0.15, -0.1) is 11.3 Å². The number of rotatable bonds is 10. The van der Waals surface area contributed by atoms with Gasteiger partial charge in [-0.05, 0) is 187 Å². The maximum Gasteiger partial charge on any atom is 0.0906 e. The fraction of sp³-hybridized carbons (Fsp3) is 0.205. The molecular weight excluding hydrogens is 1140 g/mol. The third kappa shape index (κ3) is 9.12. The summed E-state index contributed by atoms with van der Waals surface area (Å²) in [6, 6.07) is 82.5. The summed E-state index contributed by atoms with van der Waals surface area (Å²) < 4.78 is 2.55. The van der Waals surface area contributed by atoms with Gasteiger partial charge in [0.25, 0.3) is 0 Å². The van der Waals surface area contributed by atoms with Crippen LogP contribution in [0.1, 0.15) is 114 Å². The van der Waals surface area contributed by atoms with Gasteiger partial charge in [-0.25, -0.2) is 0 Å². The summed E-state index contributed by atoms with van der Waals surface area (Å²) in [6.45, 7) is 28.0. The summed E-state index contributed by atoms with van der Waals surface area (Å²) in [4.78, 5) is 7.64. The van der Waals surface area contributed by atoms with Crippen molar-refractivity contribution in [1.82, 2.24) is 0 Å². The average molecular weight is 1210 g/mol. The number of hydrogen-bond acceptors (Lipinski definition) is 4. The van der Waals surface area contributed by atoms with E-state index >= 15 is 0 Å². The first-order valence-electron chi connectivity index (χ1n) is 29.3. The van der Waals surface area contributed by atoms with E-state index in [0.717, 1.165) is 45.5 Å². The van der Waals surface area contributed by atoms with E-state index in [1.54, 1.807) is 0 Å². The molecule has 0 bridgehead atoms. The van der Waals surface area contributed by atoms with Crippen molar-refractivity contribution < 1.29 is 0 Å². The van der Waals surface area contributed by atoms with Gasteiger partial charge in [0.15, 0.2) is 0 Å². The maximum atomic E-state index is 2.64. The number of fused-ring (bicyclic) bond motifs is 7. The van der Waals surface area contributed by atoms with E-state index in [9.17, 15) is 0 Å². The molecule has 0 radical (unpaired) electrons. The zero-order valence-corrected chi connectivity index (χ0v) is 52.9. The average Bonchev–Trinajstić information content (AvgIpc) is 2.66. The minimum atomic E-state index is -0.207. The highest BCUT2D eigenvalue weighted by atomic mass is 127. The van der Waals surface area contributed by atoms with Crippen LogP contribution in [0.15, 0.2) is 218 Å². The van der Waals surface area contributed by atoms with Crippen LogP contribution in [0.25, 0.3) is 43.5 Å². The van der Waals surface area contributed by atoms with Crippen LogP contribution in [-0.2, 0) is 21.7 Å². The fourth-order valence-electron chi connectivity index (χ4n) is 13.4. The molecule has 412 valence electrons. The van der Waals surface area contributed by atoms with Crippen molar-refractivity contribution >= 4 is 95.2 Å². The van der Waals surface area contributed by atoms with Crippen molar-refractivity contribution in [3.05, 3.63) is 266 Å². The predicted octanol–water partition coefficient (Wildman–Crippen LogP) is 23.4. The van der Waals surface area contributed by atoms with Crippen molar-refractivity contribution in [2.45, 2.75) is 105 Å². The highest BCUT2D eigenvalue weighted by molar-refractivity contribution is 14.1. The molecule has 0 fully saturated rings. The van der Waals surface area contributed by atoms with Gasteiger partial charge in [-0.1, -0.05) is 215 Å². The van der Waals surface area contributed by atoms with Crippen LogP contribution < -0.4 is 14.7 Å². The lowest BCUT2D eigenvalue weighted by molar-refractivity contribution is 0.590. The SMILES string of the molecule is Cc1ccc(N(c2ccc(C(C)(C)C)cc2)c2ccccc2-c2ccccc2)cc1N(c1cccc(N(c2ccc(C(C)(C)C)cc2)c2c(I)sc3cc4c(cc23)-c2ccccc2C4(C)C)c1C)c1cccc2c1-c1ccccc1C2(C)C. The molecule has 0 aliphatic heterocycles. The molecule has 0 saturated heterocycles. The minimum absolute atomic E-state index is 0.00205. The zero-order chi connectivity index (χ0) is 57.9. The molecule has 0 unspecified atom stereocenters. The van der Waals surface area contributed by atoms with E-state index in [4.69, 9.17) is 0 Å². The number of halogens is 1. The highest BCUT2D eigenvalue weighted by Crippen LogP contribution is 2.58. The molecule has 5 heteroatoms. The van der Waals surface area contributed by atoms with Crippen LogP contribution in [0.2, 0.25) is 0 Å². The zero-order valence-electron chi connectivity index (χ0n) is 49.9. The number of nitrogens with zero attached hydrogens (tertiary/aromatic N) is 3. The van der Waals surface area contributed by atoms with E-state index in [1.807, 2.05) is 11.3 Å². The van der Waals surface area contributed by atoms with E-state index in [-0.39, 0.29) is 21.7 Å². The Morgan fingerprint density at radius 1 is 0.386 bits per heavy atom. The second-order valence-corrected chi connectivity index (χ2v) is 28.9. The van der Waals surface area contributed by atoms with Crippen LogP contribution in [0.4, 0.5) is 51.2 Å². The summed E-state index contributed by atoms with van der Waals surface area (Å²) >= 11 is 4.54. The Balaban J connectivity index is 1.07. The molecule has 83 heavy (non-hydrogen) atoms. The van der Waals surface area contributed by atoms with Gasteiger partial charge in [-0.3, -0.25) is 0 Å². The predicted molar refractivity (Wildman–Crippen MR) is 366 cm³/mol. The summed E-state index contributed by atoms with van der Waals surface area (Å²) in [5.74, 6) is 0. The van der Waals surface area contributed by atoms with Gasteiger partial charge in [0, 0.05) is 49.1 Å². The molecule has 0 spiro atoms. The van der Waals surface area contributed by atoms with Crippen LogP contribution >= 0.6 is 33.9 Å². The molecule has 0 atom stereocenters. The minimum Gasteiger partial charge on any atom is -0.310 e. The largest absolute Gasteiger partial charge is 0.310 e. The van der Waals surface area contributed by atoms with Gasteiger partial charge in [0.1, 0.15) is 0 Å². The highest BCUT2D eigenvalue weighted by Gasteiger charge is 2.40. The third-order valence-corrected chi connectivity index (χ3v) is 20.1. The molecule has 2 aliphatic rings. The van der Waals surface area contributed by atoms with E-state index < -0.39 is 0 Å². The van der Waals surface area contributed by atoms with E-state index in [0.29, 0.717) is 0 Å². The van der Waals surface area contributed by atoms with Gasteiger partial charge < -0.3 is 14.7 Å². The second-order valence-electron chi connectivity index (χ2n) is 26.0. The maximum absolute atomic E-state index is 2.64. The van der Waals surface area contributed by atoms with Crippen molar-refractivity contribution in [3.8, 4) is 33.4 Å². The first kappa shape index (κ1) is 54.5. The Labute approximate surface area is 510 Å². The lowest BCUT2D eigenvalue weighted by Gasteiger charge is -2.35. The molecule has 11 aromatic rings. The smallest absolute Gasteiger partial charge is 0.0906 e. The molecule has 3 nitrogen and oxygen atoms in total. The van der Waals surface area contributed by atoms with Gasteiger partial charge in [0.05, 0.1) is 37.0 Å². The molecule has 1 aromatic heterocycles. The summed E-state index contributed by atoms with van der Waals surface area (Å²) in [7, 11) is 0. The number of para-hydroxylation sites is 1. The van der Waals surface area contributed by atoms with Crippen LogP contribution in [0.3, 0.4) is 0 Å². The normalized spacial score (nSPS) is 13.8. The summed E-state index contributed by atoms with van der Waals surface area (Å²) in [6.07, 6.45) is 0. The van der Waals surface area contributed by atoms with E-state index in [1.165, 1.54) is 96.5 Å². The molecule has 0 saturated carbocycles. The van der Waals surface area contributed by atoms with Crippen LogP contribution in [-0.4, -0.2) is 0 Å². The van der Waals surface area contributed by atoms with Crippen LogP contribution in [0.5, 0.6) is 0 Å².